The Morgan fingerprint density at radius 1 is 1.00 bits per heavy atom. The molecular formula is C30H33N9. The van der Waals surface area contributed by atoms with Crippen molar-refractivity contribution in [3.63, 3.8) is 0 Å². The zero-order valence-electron chi connectivity index (χ0n) is 22.2. The van der Waals surface area contributed by atoms with E-state index in [1.165, 1.54) is 25.7 Å². The Morgan fingerprint density at radius 3 is 2.69 bits per heavy atom. The van der Waals surface area contributed by atoms with Crippen molar-refractivity contribution in [2.75, 3.05) is 43.4 Å². The third-order valence-electron chi connectivity index (χ3n) is 8.20. The standard InChI is InChI=1S/C30H33N9/c1-19(20-5-3-4-6-20)33-23-15-22(17-31-18-23)21-7-8-25-24(16-21)27(37-36-25)29-34-26-9-10-32-30(28(26)35-29)39-13-11-38(2)12-14-39/h7-10,15-18,20,33H,1,3-6,11-14H2,2H3,(H,34,35)(H,36,37). The van der Waals surface area contributed by atoms with Crippen molar-refractivity contribution in [2.45, 2.75) is 25.7 Å². The predicted molar refractivity (Wildman–Crippen MR) is 157 cm³/mol. The molecule has 1 saturated heterocycles. The summed E-state index contributed by atoms with van der Waals surface area (Å²) in [5.41, 5.74) is 7.78. The highest BCUT2D eigenvalue weighted by molar-refractivity contribution is 5.97. The summed E-state index contributed by atoms with van der Waals surface area (Å²) in [5, 5.41) is 12.3. The van der Waals surface area contributed by atoms with Gasteiger partial charge in [0.15, 0.2) is 11.6 Å². The van der Waals surface area contributed by atoms with E-state index < -0.39 is 0 Å². The van der Waals surface area contributed by atoms with Crippen molar-refractivity contribution in [1.29, 1.82) is 0 Å². The Morgan fingerprint density at radius 2 is 1.85 bits per heavy atom. The molecule has 0 amide bonds. The number of nitrogens with one attached hydrogen (secondary N) is 3. The van der Waals surface area contributed by atoms with E-state index in [-0.39, 0.29) is 0 Å². The van der Waals surface area contributed by atoms with Crippen LogP contribution in [-0.4, -0.2) is 68.3 Å². The number of benzene rings is 1. The monoisotopic (exact) mass is 519 g/mol. The number of imidazole rings is 1. The van der Waals surface area contributed by atoms with Crippen LogP contribution in [0.2, 0.25) is 0 Å². The molecule has 0 radical (unpaired) electrons. The number of piperazine rings is 1. The second-order valence-corrected chi connectivity index (χ2v) is 10.8. The molecule has 0 bridgehead atoms. The number of hydrogen-bond acceptors (Lipinski definition) is 7. The maximum atomic E-state index is 5.00. The highest BCUT2D eigenvalue weighted by atomic mass is 15.3. The van der Waals surface area contributed by atoms with Crippen LogP contribution in [0.5, 0.6) is 0 Å². The minimum atomic E-state index is 0.550. The van der Waals surface area contributed by atoms with Crippen LogP contribution < -0.4 is 10.2 Å². The topological polar surface area (TPSA) is 102 Å². The first-order chi connectivity index (χ1) is 19.1. The minimum absolute atomic E-state index is 0.550. The van der Waals surface area contributed by atoms with Gasteiger partial charge in [0.1, 0.15) is 11.2 Å². The fourth-order valence-electron chi connectivity index (χ4n) is 5.89. The van der Waals surface area contributed by atoms with Crippen LogP contribution in [0.3, 0.4) is 0 Å². The lowest BCUT2D eigenvalue weighted by Crippen LogP contribution is -2.44. The Bertz CT molecular complexity index is 1650. The van der Waals surface area contributed by atoms with Crippen molar-refractivity contribution < 1.29 is 0 Å². The predicted octanol–water partition coefficient (Wildman–Crippen LogP) is 5.43. The zero-order chi connectivity index (χ0) is 26.3. The number of H-pyrrole nitrogens is 2. The highest BCUT2D eigenvalue weighted by Gasteiger charge is 2.21. The lowest BCUT2D eigenvalue weighted by molar-refractivity contribution is 0.312. The van der Waals surface area contributed by atoms with Crippen LogP contribution in [0.25, 0.3) is 44.6 Å². The summed E-state index contributed by atoms with van der Waals surface area (Å²) >= 11 is 0. The number of allylic oxidation sites excluding steroid dienone is 1. The summed E-state index contributed by atoms with van der Waals surface area (Å²) in [6.07, 6.45) is 10.6. The normalized spacial score (nSPS) is 16.9. The number of likely N-dealkylation sites (N-methyl/N-ethyl adjacent to an activating group) is 1. The fraction of sp³-hybridized carbons (Fsp3) is 0.333. The van der Waals surface area contributed by atoms with Gasteiger partial charge in [-0.1, -0.05) is 25.5 Å². The average Bonchev–Trinajstić information content (AvgIpc) is 3.73. The Labute approximate surface area is 227 Å². The van der Waals surface area contributed by atoms with Gasteiger partial charge in [0, 0.05) is 55.2 Å². The number of aromatic amines is 2. The maximum Gasteiger partial charge on any atom is 0.159 e. The van der Waals surface area contributed by atoms with E-state index in [2.05, 4.69) is 73.2 Å². The molecule has 1 aromatic carbocycles. The number of anilines is 2. The van der Waals surface area contributed by atoms with E-state index in [1.807, 2.05) is 24.7 Å². The van der Waals surface area contributed by atoms with Gasteiger partial charge in [0.05, 0.1) is 22.9 Å². The summed E-state index contributed by atoms with van der Waals surface area (Å²) in [4.78, 5) is 22.4. The van der Waals surface area contributed by atoms with Crippen LogP contribution in [0.4, 0.5) is 11.5 Å². The molecule has 9 nitrogen and oxygen atoms in total. The first-order valence-corrected chi connectivity index (χ1v) is 13.8. The number of pyridine rings is 2. The summed E-state index contributed by atoms with van der Waals surface area (Å²) < 4.78 is 0. The van der Waals surface area contributed by atoms with Crippen molar-refractivity contribution in [1.82, 2.24) is 35.0 Å². The SMILES string of the molecule is C=C(Nc1cncc(-c2ccc3[nH]nc(-c4nc5c(N6CCN(C)CC6)nccc5[nH]4)c3c2)c1)C1CCCC1. The van der Waals surface area contributed by atoms with Gasteiger partial charge in [-0.25, -0.2) is 9.97 Å². The second kappa shape index (κ2) is 9.81. The molecule has 39 heavy (non-hydrogen) atoms. The lowest BCUT2D eigenvalue weighted by atomic mass is 10.0. The molecule has 1 saturated carbocycles. The molecule has 4 aromatic heterocycles. The van der Waals surface area contributed by atoms with Gasteiger partial charge >= 0.3 is 0 Å². The number of hydrogen-bond donors (Lipinski definition) is 3. The van der Waals surface area contributed by atoms with E-state index >= 15 is 0 Å². The largest absolute Gasteiger partial charge is 0.358 e. The lowest BCUT2D eigenvalue weighted by Gasteiger charge is -2.33. The van der Waals surface area contributed by atoms with Gasteiger partial charge in [-0.15, -0.1) is 0 Å². The van der Waals surface area contributed by atoms with E-state index in [0.29, 0.717) is 5.92 Å². The minimum Gasteiger partial charge on any atom is -0.358 e. The number of aromatic nitrogens is 6. The fourth-order valence-corrected chi connectivity index (χ4v) is 5.89. The Kier molecular flexibility index (Phi) is 6.00. The summed E-state index contributed by atoms with van der Waals surface area (Å²) in [6.45, 7) is 8.21. The molecule has 2 fully saturated rings. The molecule has 0 unspecified atom stereocenters. The second-order valence-electron chi connectivity index (χ2n) is 10.8. The van der Waals surface area contributed by atoms with E-state index in [0.717, 1.165) is 88.0 Å². The first-order valence-electron chi connectivity index (χ1n) is 13.8. The number of fused-ring (bicyclic) bond motifs is 2. The summed E-state index contributed by atoms with van der Waals surface area (Å²) in [6, 6.07) is 10.5. The summed E-state index contributed by atoms with van der Waals surface area (Å²) in [7, 11) is 2.16. The van der Waals surface area contributed by atoms with E-state index in [9.17, 15) is 0 Å². The molecule has 5 aromatic rings. The smallest absolute Gasteiger partial charge is 0.159 e. The van der Waals surface area contributed by atoms with Gasteiger partial charge in [-0.2, -0.15) is 5.10 Å². The van der Waals surface area contributed by atoms with Gasteiger partial charge in [0.25, 0.3) is 0 Å². The number of nitrogens with zero attached hydrogens (tertiary/aromatic N) is 6. The quantitative estimate of drug-likeness (QED) is 0.275. The molecular weight excluding hydrogens is 486 g/mol. The van der Waals surface area contributed by atoms with Gasteiger partial charge < -0.3 is 20.1 Å². The van der Waals surface area contributed by atoms with Crippen molar-refractivity contribution in [2.24, 2.45) is 5.92 Å². The van der Waals surface area contributed by atoms with Crippen molar-refractivity contribution in [3.05, 3.63) is 61.2 Å². The first kappa shape index (κ1) is 23.8. The molecule has 2 aliphatic rings. The van der Waals surface area contributed by atoms with Gasteiger partial charge in [-0.3, -0.25) is 10.1 Å². The van der Waals surface area contributed by atoms with Gasteiger partial charge in [0.2, 0.25) is 0 Å². The molecule has 0 atom stereocenters. The van der Waals surface area contributed by atoms with Crippen molar-refractivity contribution >= 4 is 33.4 Å². The van der Waals surface area contributed by atoms with Crippen LogP contribution in [0.15, 0.2) is 61.2 Å². The third-order valence-corrected chi connectivity index (χ3v) is 8.20. The summed E-state index contributed by atoms with van der Waals surface area (Å²) in [5.74, 6) is 2.21. The van der Waals surface area contributed by atoms with Gasteiger partial charge in [-0.05, 0) is 55.6 Å². The van der Waals surface area contributed by atoms with Crippen LogP contribution >= 0.6 is 0 Å². The zero-order valence-corrected chi connectivity index (χ0v) is 22.2. The third kappa shape index (κ3) is 4.52. The van der Waals surface area contributed by atoms with Crippen LogP contribution in [0, 0.1) is 5.92 Å². The molecule has 198 valence electrons. The Hall–Kier alpha value is -4.24. The molecule has 3 N–H and O–H groups in total. The Balaban J connectivity index is 1.21. The molecule has 1 aliphatic heterocycles. The average molecular weight is 520 g/mol. The van der Waals surface area contributed by atoms with Crippen LogP contribution in [-0.2, 0) is 0 Å². The van der Waals surface area contributed by atoms with Crippen molar-refractivity contribution in [3.8, 4) is 22.6 Å². The molecule has 9 heteroatoms. The molecule has 1 aliphatic carbocycles. The van der Waals surface area contributed by atoms with E-state index in [4.69, 9.17) is 9.97 Å². The molecule has 5 heterocycles. The number of rotatable bonds is 6. The van der Waals surface area contributed by atoms with E-state index in [1.54, 1.807) is 0 Å². The molecule has 0 spiro atoms. The molecule has 7 rings (SSSR count). The maximum absolute atomic E-state index is 5.00. The van der Waals surface area contributed by atoms with Crippen LogP contribution in [0.1, 0.15) is 25.7 Å². The highest BCUT2D eigenvalue weighted by Crippen LogP contribution is 2.34.